The molecule has 0 radical (unpaired) electrons. The SMILES string of the molecule is C=C(Cl)C(=O)Nc1ccc2[nH]c(C(=O)Nc3c[nH]c(C(=O)Nc4c[nH]c(C(=O)Nc5c[nH]c(C(=O)NCCC(=N)N)c5C)c4C)c3C)cc2c1. The van der Waals surface area contributed by atoms with Crippen molar-refractivity contribution >= 4 is 80.6 Å². The van der Waals surface area contributed by atoms with Gasteiger partial charge in [-0.05, 0) is 45.0 Å². The molecule has 0 fully saturated rings. The van der Waals surface area contributed by atoms with E-state index in [0.29, 0.717) is 50.3 Å². The molecule has 0 unspecified atom stereocenters. The second kappa shape index (κ2) is 14.3. The summed E-state index contributed by atoms with van der Waals surface area (Å²) in [5.41, 5.74) is 9.97. The first-order valence-electron chi connectivity index (χ1n) is 15.1. The van der Waals surface area contributed by atoms with Crippen molar-refractivity contribution < 1.29 is 24.0 Å². The van der Waals surface area contributed by atoms with Gasteiger partial charge in [0.25, 0.3) is 29.5 Å². The Morgan fingerprint density at radius 3 is 1.76 bits per heavy atom. The van der Waals surface area contributed by atoms with Gasteiger partial charge >= 0.3 is 0 Å². The summed E-state index contributed by atoms with van der Waals surface area (Å²) < 4.78 is 0. The molecule has 0 aliphatic heterocycles. The van der Waals surface area contributed by atoms with Crippen LogP contribution in [-0.2, 0) is 4.79 Å². The fourth-order valence-electron chi connectivity index (χ4n) is 5.07. The van der Waals surface area contributed by atoms with E-state index in [2.05, 4.69) is 53.1 Å². The summed E-state index contributed by atoms with van der Waals surface area (Å²) in [6.45, 7) is 8.61. The van der Waals surface area contributed by atoms with Crippen molar-refractivity contribution in [2.45, 2.75) is 27.2 Å². The number of nitrogens with two attached hydrogens (primary N) is 1. The molecule has 4 heterocycles. The first-order chi connectivity index (χ1) is 23.7. The van der Waals surface area contributed by atoms with E-state index in [9.17, 15) is 24.0 Å². The Bertz CT molecular complexity index is 2200. The van der Waals surface area contributed by atoms with E-state index >= 15 is 0 Å². The number of H-pyrrole nitrogens is 4. The van der Waals surface area contributed by atoms with Crippen molar-refractivity contribution in [3.05, 3.63) is 93.9 Å². The summed E-state index contributed by atoms with van der Waals surface area (Å²) >= 11 is 5.64. The van der Waals surface area contributed by atoms with Crippen molar-refractivity contribution in [2.75, 3.05) is 27.8 Å². The second-order valence-corrected chi connectivity index (χ2v) is 11.8. The summed E-state index contributed by atoms with van der Waals surface area (Å²) in [6.07, 6.45) is 4.69. The van der Waals surface area contributed by atoms with E-state index in [1.165, 1.54) is 18.6 Å². The average molecular weight is 700 g/mol. The quantitative estimate of drug-likeness (QED) is 0.0504. The fraction of sp³-hybridized carbons (Fsp3) is 0.152. The highest BCUT2D eigenvalue weighted by molar-refractivity contribution is 6.43. The zero-order chi connectivity index (χ0) is 36.3. The molecule has 17 heteroatoms. The summed E-state index contributed by atoms with van der Waals surface area (Å²) in [7, 11) is 0. The number of amidine groups is 1. The maximum atomic E-state index is 13.2. The molecule has 0 aliphatic rings. The van der Waals surface area contributed by atoms with Crippen LogP contribution in [0.4, 0.5) is 22.7 Å². The third-order valence-electron chi connectivity index (χ3n) is 7.89. The Hall–Kier alpha value is -6.55. The molecular weight excluding hydrogens is 666 g/mol. The van der Waals surface area contributed by atoms with Gasteiger partial charge in [-0.3, -0.25) is 29.4 Å². The lowest BCUT2D eigenvalue weighted by atomic mass is 10.2. The van der Waals surface area contributed by atoms with Gasteiger partial charge in [0.05, 0.1) is 27.9 Å². The number of benzene rings is 1. The van der Waals surface area contributed by atoms with Gasteiger partial charge in [0.15, 0.2) is 0 Å². The number of carbonyl (C=O) groups excluding carboxylic acids is 5. The molecule has 1 aromatic carbocycles. The number of rotatable bonds is 12. The Kier molecular flexibility index (Phi) is 9.94. The molecule has 0 atom stereocenters. The first kappa shape index (κ1) is 34.8. The molecule has 0 bridgehead atoms. The third-order valence-corrected chi connectivity index (χ3v) is 8.07. The zero-order valence-corrected chi connectivity index (χ0v) is 27.9. The molecule has 258 valence electrons. The van der Waals surface area contributed by atoms with Crippen molar-refractivity contribution in [3.8, 4) is 0 Å². The smallest absolute Gasteiger partial charge is 0.272 e. The number of nitrogens with one attached hydrogen (secondary N) is 10. The van der Waals surface area contributed by atoms with Gasteiger partial charge in [-0.25, -0.2) is 0 Å². The number of anilines is 4. The number of amides is 5. The maximum absolute atomic E-state index is 13.2. The lowest BCUT2D eigenvalue weighted by Crippen LogP contribution is -2.28. The number of fused-ring (bicyclic) bond motifs is 1. The van der Waals surface area contributed by atoms with E-state index in [4.69, 9.17) is 22.7 Å². The molecule has 5 rings (SSSR count). The number of hydrogen-bond donors (Lipinski definition) is 11. The van der Waals surface area contributed by atoms with E-state index in [1.54, 1.807) is 45.0 Å². The Labute approximate surface area is 289 Å². The zero-order valence-electron chi connectivity index (χ0n) is 27.2. The van der Waals surface area contributed by atoms with Crippen molar-refractivity contribution in [1.82, 2.24) is 25.3 Å². The number of halogens is 1. The van der Waals surface area contributed by atoms with E-state index in [-0.39, 0.29) is 46.6 Å². The van der Waals surface area contributed by atoms with Gasteiger partial charge in [-0.2, -0.15) is 0 Å². The minimum Gasteiger partial charge on any atom is -0.388 e. The van der Waals surface area contributed by atoms with Crippen LogP contribution in [0.1, 0.15) is 65.1 Å². The molecule has 5 amide bonds. The van der Waals surface area contributed by atoms with Gasteiger partial charge in [0.1, 0.15) is 22.8 Å². The topological polar surface area (TPSA) is 259 Å². The Morgan fingerprint density at radius 2 is 1.26 bits per heavy atom. The molecule has 4 aromatic heterocycles. The van der Waals surface area contributed by atoms with Crippen molar-refractivity contribution in [2.24, 2.45) is 5.73 Å². The summed E-state index contributed by atoms with van der Waals surface area (Å²) in [5.74, 6) is -2.43. The predicted molar refractivity (Wildman–Crippen MR) is 191 cm³/mol. The summed E-state index contributed by atoms with van der Waals surface area (Å²) in [4.78, 5) is 75.4. The van der Waals surface area contributed by atoms with Crippen LogP contribution in [0.15, 0.2) is 54.5 Å². The van der Waals surface area contributed by atoms with Crippen LogP contribution in [0.3, 0.4) is 0 Å². The minimum absolute atomic E-state index is 0.0426. The largest absolute Gasteiger partial charge is 0.388 e. The third kappa shape index (κ3) is 7.44. The Balaban J connectivity index is 1.21. The summed E-state index contributed by atoms with van der Waals surface area (Å²) in [5, 5.41) is 21.4. The van der Waals surface area contributed by atoms with Gasteiger partial charge in [0.2, 0.25) is 0 Å². The molecule has 0 spiro atoms. The fourth-order valence-corrected chi connectivity index (χ4v) is 5.12. The molecule has 5 aromatic rings. The van der Waals surface area contributed by atoms with E-state index in [0.717, 1.165) is 0 Å². The van der Waals surface area contributed by atoms with Gasteiger partial charge in [0, 0.05) is 64.8 Å². The molecule has 0 saturated heterocycles. The van der Waals surface area contributed by atoms with Crippen LogP contribution >= 0.6 is 11.6 Å². The normalized spacial score (nSPS) is 10.8. The van der Waals surface area contributed by atoms with Crippen LogP contribution in [0.2, 0.25) is 0 Å². The molecule has 12 N–H and O–H groups in total. The number of aromatic amines is 4. The minimum atomic E-state index is -0.537. The molecule has 0 saturated carbocycles. The number of hydrogen-bond acceptors (Lipinski definition) is 6. The van der Waals surface area contributed by atoms with Crippen molar-refractivity contribution in [3.63, 3.8) is 0 Å². The highest BCUT2D eigenvalue weighted by atomic mass is 35.5. The number of aromatic nitrogens is 4. The molecule has 50 heavy (non-hydrogen) atoms. The van der Waals surface area contributed by atoms with Crippen LogP contribution < -0.4 is 32.3 Å². The Morgan fingerprint density at radius 1 is 0.760 bits per heavy atom. The average Bonchev–Trinajstić information content (AvgIpc) is 3.83. The van der Waals surface area contributed by atoms with E-state index in [1.807, 2.05) is 0 Å². The monoisotopic (exact) mass is 699 g/mol. The maximum Gasteiger partial charge on any atom is 0.272 e. The van der Waals surface area contributed by atoms with Crippen LogP contribution in [0.25, 0.3) is 10.9 Å². The number of carbonyl (C=O) groups is 5. The predicted octanol–water partition coefficient (Wildman–Crippen LogP) is 4.58. The van der Waals surface area contributed by atoms with Crippen molar-refractivity contribution in [1.29, 1.82) is 5.41 Å². The van der Waals surface area contributed by atoms with Crippen LogP contribution in [-0.4, -0.2) is 61.9 Å². The molecule has 16 nitrogen and oxygen atoms in total. The highest BCUT2D eigenvalue weighted by Gasteiger charge is 2.22. The van der Waals surface area contributed by atoms with Gasteiger partial charge in [-0.1, -0.05) is 18.2 Å². The lowest BCUT2D eigenvalue weighted by Gasteiger charge is -2.07. The first-order valence-corrected chi connectivity index (χ1v) is 15.5. The molecular formula is C33H34ClN11O5. The molecule has 0 aliphatic carbocycles. The van der Waals surface area contributed by atoms with Crippen LogP contribution in [0.5, 0.6) is 0 Å². The van der Waals surface area contributed by atoms with Crippen LogP contribution in [0, 0.1) is 26.2 Å². The van der Waals surface area contributed by atoms with Gasteiger partial charge in [-0.15, -0.1) is 0 Å². The highest BCUT2D eigenvalue weighted by Crippen LogP contribution is 2.26. The van der Waals surface area contributed by atoms with E-state index < -0.39 is 29.5 Å². The standard InChI is InChI=1S/C33H34ClN11O5/c1-14-23(12-38-26(14)31(48)37-8-7-25(35)36)44-33(50)28-16(3)24(13-40-28)45-32(49)27-15(2)22(11-39-27)43-30(47)21-10-18-9-19(5-6-20(18)42-21)41-29(46)17(4)34/h5-6,9-13,38-40,42H,4,7-8H2,1-3H3,(H3,35,36)(H,37,48)(H,41,46)(H,43,47)(H,44,50)(H,45,49). The second-order valence-electron chi connectivity index (χ2n) is 11.3. The summed E-state index contributed by atoms with van der Waals surface area (Å²) in [6, 6.07) is 6.67. The lowest BCUT2D eigenvalue weighted by molar-refractivity contribution is -0.112. The van der Waals surface area contributed by atoms with Gasteiger partial charge < -0.3 is 52.3 Å².